The first-order chi connectivity index (χ1) is 18.6. The summed E-state index contributed by atoms with van der Waals surface area (Å²) in [6.07, 6.45) is 2.71. The van der Waals surface area contributed by atoms with Crippen molar-refractivity contribution < 1.29 is 14.3 Å². The molecule has 0 bridgehead atoms. The predicted octanol–water partition coefficient (Wildman–Crippen LogP) is 3.81. The molecule has 2 saturated heterocycles. The van der Waals surface area contributed by atoms with Crippen LogP contribution in [0.3, 0.4) is 0 Å². The summed E-state index contributed by atoms with van der Waals surface area (Å²) in [5.41, 5.74) is 3.68. The second-order valence-electron chi connectivity index (χ2n) is 10.1. The second kappa shape index (κ2) is 12.2. The lowest BCUT2D eigenvalue weighted by molar-refractivity contribution is -0.132. The standard InChI is InChI=1S/C30H35N5O3/c1-23-10-12-24(13-11-23)27-14-15-28(32-31-27)33-16-6-17-34(19-18-33)29(36)22-35(21-26-9-5-20-38-26)30(37)25-7-3-2-4-8-25/h2-4,7-8,10-15,26H,5-6,9,16-22H2,1H3/t26-/m0/s1. The topological polar surface area (TPSA) is 78.9 Å². The maximum absolute atomic E-state index is 13.4. The molecule has 0 saturated carbocycles. The zero-order valence-corrected chi connectivity index (χ0v) is 22.0. The van der Waals surface area contributed by atoms with E-state index in [-0.39, 0.29) is 24.5 Å². The van der Waals surface area contributed by atoms with Crippen LogP contribution in [0.2, 0.25) is 0 Å². The van der Waals surface area contributed by atoms with Crippen LogP contribution < -0.4 is 4.90 Å². The second-order valence-corrected chi connectivity index (χ2v) is 10.1. The molecule has 1 atom stereocenters. The Labute approximate surface area is 224 Å². The Hall–Kier alpha value is -3.78. The molecule has 2 aliphatic heterocycles. The average Bonchev–Trinajstić information content (AvgIpc) is 3.34. The number of aromatic nitrogens is 2. The van der Waals surface area contributed by atoms with E-state index in [0.29, 0.717) is 38.3 Å². The van der Waals surface area contributed by atoms with Crippen molar-refractivity contribution in [1.29, 1.82) is 0 Å². The van der Waals surface area contributed by atoms with Crippen molar-refractivity contribution in [1.82, 2.24) is 20.0 Å². The molecule has 1 aromatic heterocycles. The van der Waals surface area contributed by atoms with Crippen molar-refractivity contribution in [2.24, 2.45) is 0 Å². The van der Waals surface area contributed by atoms with E-state index < -0.39 is 0 Å². The molecular weight excluding hydrogens is 478 g/mol. The predicted molar refractivity (Wildman–Crippen MR) is 147 cm³/mol. The normalized spacial score (nSPS) is 17.8. The van der Waals surface area contributed by atoms with Crippen LogP contribution in [0.5, 0.6) is 0 Å². The maximum atomic E-state index is 13.4. The van der Waals surface area contributed by atoms with Gasteiger partial charge in [0.25, 0.3) is 5.91 Å². The van der Waals surface area contributed by atoms with Crippen molar-refractivity contribution in [3.05, 3.63) is 77.9 Å². The Morgan fingerprint density at radius 1 is 0.921 bits per heavy atom. The molecule has 38 heavy (non-hydrogen) atoms. The van der Waals surface area contributed by atoms with Gasteiger partial charge >= 0.3 is 0 Å². The van der Waals surface area contributed by atoms with Gasteiger partial charge in [0, 0.05) is 50.5 Å². The Balaban J connectivity index is 1.21. The molecule has 2 aliphatic rings. The molecule has 5 rings (SSSR count). The summed E-state index contributed by atoms with van der Waals surface area (Å²) in [6, 6.07) is 21.4. The third kappa shape index (κ3) is 6.37. The lowest BCUT2D eigenvalue weighted by atomic mass is 10.1. The first-order valence-electron chi connectivity index (χ1n) is 13.5. The number of nitrogens with zero attached hydrogens (tertiary/aromatic N) is 5. The minimum atomic E-state index is -0.130. The highest BCUT2D eigenvalue weighted by Crippen LogP contribution is 2.20. The summed E-state index contributed by atoms with van der Waals surface area (Å²) in [7, 11) is 0. The molecule has 3 heterocycles. The molecule has 8 nitrogen and oxygen atoms in total. The SMILES string of the molecule is Cc1ccc(-c2ccc(N3CCCN(C(=O)CN(C[C@@H]4CCCO4)C(=O)c4ccccc4)CC3)nn2)cc1. The van der Waals surface area contributed by atoms with Gasteiger partial charge < -0.3 is 19.4 Å². The Bertz CT molecular complexity index is 1210. The summed E-state index contributed by atoms with van der Waals surface area (Å²) >= 11 is 0. The van der Waals surface area contributed by atoms with Gasteiger partial charge in [0.05, 0.1) is 11.8 Å². The van der Waals surface area contributed by atoms with Crippen LogP contribution in [-0.2, 0) is 9.53 Å². The number of carbonyl (C=O) groups is 2. The number of hydrogen-bond donors (Lipinski definition) is 0. The summed E-state index contributed by atoms with van der Waals surface area (Å²) in [5.74, 6) is 0.652. The van der Waals surface area contributed by atoms with Crippen LogP contribution >= 0.6 is 0 Å². The Kier molecular flexibility index (Phi) is 8.28. The Morgan fingerprint density at radius 3 is 2.45 bits per heavy atom. The molecule has 0 N–H and O–H groups in total. The van der Waals surface area contributed by atoms with Gasteiger partial charge in [-0.3, -0.25) is 9.59 Å². The maximum Gasteiger partial charge on any atom is 0.254 e. The number of aryl methyl sites for hydroxylation is 1. The lowest BCUT2D eigenvalue weighted by Gasteiger charge is -2.28. The largest absolute Gasteiger partial charge is 0.376 e. The lowest BCUT2D eigenvalue weighted by Crippen LogP contribution is -2.46. The summed E-state index contributed by atoms with van der Waals surface area (Å²) < 4.78 is 5.78. The molecular formula is C30H35N5O3. The smallest absolute Gasteiger partial charge is 0.254 e. The van der Waals surface area contributed by atoms with Gasteiger partial charge in [0.2, 0.25) is 5.91 Å². The van der Waals surface area contributed by atoms with Gasteiger partial charge in [0.15, 0.2) is 5.82 Å². The number of anilines is 1. The molecule has 3 aromatic rings. The number of benzene rings is 2. The van der Waals surface area contributed by atoms with Crippen LogP contribution in [0, 0.1) is 6.92 Å². The van der Waals surface area contributed by atoms with Crippen LogP contribution in [-0.4, -0.2) is 83.8 Å². The number of amides is 2. The van der Waals surface area contributed by atoms with Crippen LogP contribution in [0.1, 0.15) is 35.2 Å². The van der Waals surface area contributed by atoms with Crippen molar-refractivity contribution in [3.8, 4) is 11.3 Å². The average molecular weight is 514 g/mol. The molecule has 198 valence electrons. The highest BCUT2D eigenvalue weighted by atomic mass is 16.5. The van der Waals surface area contributed by atoms with Crippen molar-refractivity contribution in [3.63, 3.8) is 0 Å². The van der Waals surface area contributed by atoms with Gasteiger partial charge in [-0.25, -0.2) is 0 Å². The van der Waals surface area contributed by atoms with Crippen LogP contribution in [0.15, 0.2) is 66.7 Å². The zero-order chi connectivity index (χ0) is 26.3. The highest BCUT2D eigenvalue weighted by molar-refractivity contribution is 5.96. The third-order valence-electron chi connectivity index (χ3n) is 7.25. The molecule has 2 amide bonds. The van der Waals surface area contributed by atoms with E-state index in [1.807, 2.05) is 35.2 Å². The van der Waals surface area contributed by atoms with E-state index in [4.69, 9.17) is 4.74 Å². The van der Waals surface area contributed by atoms with E-state index >= 15 is 0 Å². The van der Waals surface area contributed by atoms with E-state index in [2.05, 4.69) is 46.3 Å². The number of hydrogen-bond acceptors (Lipinski definition) is 6. The van der Waals surface area contributed by atoms with Crippen molar-refractivity contribution >= 4 is 17.6 Å². The summed E-state index contributed by atoms with van der Waals surface area (Å²) in [5, 5.41) is 8.93. The molecule has 2 aromatic carbocycles. The fourth-order valence-corrected chi connectivity index (χ4v) is 5.05. The van der Waals surface area contributed by atoms with E-state index in [9.17, 15) is 9.59 Å². The molecule has 8 heteroatoms. The number of rotatable bonds is 7. The van der Waals surface area contributed by atoms with Crippen molar-refractivity contribution in [2.45, 2.75) is 32.3 Å². The van der Waals surface area contributed by atoms with Gasteiger partial charge in [-0.1, -0.05) is 48.0 Å². The Morgan fingerprint density at radius 2 is 1.74 bits per heavy atom. The molecule has 0 unspecified atom stereocenters. The zero-order valence-electron chi connectivity index (χ0n) is 22.0. The van der Waals surface area contributed by atoms with Crippen molar-refractivity contribution in [2.75, 3.05) is 50.8 Å². The van der Waals surface area contributed by atoms with E-state index in [1.165, 1.54) is 5.56 Å². The van der Waals surface area contributed by atoms with Gasteiger partial charge in [0.1, 0.15) is 6.54 Å². The van der Waals surface area contributed by atoms with Gasteiger partial charge in [-0.15, -0.1) is 10.2 Å². The molecule has 2 fully saturated rings. The first kappa shape index (κ1) is 25.9. The molecule has 0 radical (unpaired) electrons. The van der Waals surface area contributed by atoms with E-state index in [1.54, 1.807) is 17.0 Å². The monoisotopic (exact) mass is 513 g/mol. The van der Waals surface area contributed by atoms with Gasteiger partial charge in [-0.2, -0.15) is 0 Å². The number of carbonyl (C=O) groups excluding carboxylic acids is 2. The fraction of sp³-hybridized carbons (Fsp3) is 0.400. The molecule has 0 aliphatic carbocycles. The molecule has 0 spiro atoms. The quantitative estimate of drug-likeness (QED) is 0.478. The minimum Gasteiger partial charge on any atom is -0.376 e. The fourth-order valence-electron chi connectivity index (χ4n) is 5.05. The van der Waals surface area contributed by atoms with Crippen LogP contribution in [0.25, 0.3) is 11.3 Å². The first-order valence-corrected chi connectivity index (χ1v) is 13.5. The summed E-state index contributed by atoms with van der Waals surface area (Å²) in [4.78, 5) is 32.4. The minimum absolute atomic E-state index is 0.0171. The van der Waals surface area contributed by atoms with Gasteiger partial charge in [-0.05, 0) is 50.5 Å². The third-order valence-corrected chi connectivity index (χ3v) is 7.25. The summed E-state index contributed by atoms with van der Waals surface area (Å²) in [6.45, 7) is 5.96. The van der Waals surface area contributed by atoms with Crippen LogP contribution in [0.4, 0.5) is 5.82 Å². The highest BCUT2D eigenvalue weighted by Gasteiger charge is 2.28. The van der Waals surface area contributed by atoms with E-state index in [0.717, 1.165) is 42.9 Å². The number of ether oxygens (including phenoxy) is 1.